The summed E-state index contributed by atoms with van der Waals surface area (Å²) in [5.41, 5.74) is 0.433. The molecule has 3 aromatic rings. The van der Waals surface area contributed by atoms with Gasteiger partial charge in [0, 0.05) is 16.3 Å². The third-order valence-electron chi connectivity index (χ3n) is 3.61. The van der Waals surface area contributed by atoms with Gasteiger partial charge in [-0.3, -0.25) is 9.52 Å². The van der Waals surface area contributed by atoms with Gasteiger partial charge < -0.3 is 5.32 Å². The van der Waals surface area contributed by atoms with Crippen molar-refractivity contribution in [1.29, 1.82) is 0 Å². The van der Waals surface area contributed by atoms with Crippen LogP contribution in [0.4, 0.5) is 15.8 Å². The maximum Gasteiger partial charge on any atom is 0.262 e. The Kier molecular flexibility index (Phi) is 5.43. The molecule has 3 aromatic carbocycles. The van der Waals surface area contributed by atoms with Crippen LogP contribution in [0.1, 0.15) is 10.4 Å². The van der Waals surface area contributed by atoms with E-state index >= 15 is 0 Å². The second-order valence-corrected chi connectivity index (χ2v) is 7.70. The van der Waals surface area contributed by atoms with Crippen molar-refractivity contribution >= 4 is 38.9 Å². The Hall–Kier alpha value is -2.90. The Morgan fingerprint density at radius 3 is 2.41 bits per heavy atom. The molecule has 0 radical (unpaired) electrons. The van der Waals surface area contributed by atoms with Crippen molar-refractivity contribution in [3.63, 3.8) is 0 Å². The Balaban J connectivity index is 1.84. The van der Waals surface area contributed by atoms with Crippen LogP contribution in [0, 0.1) is 5.82 Å². The number of rotatable bonds is 5. The second kappa shape index (κ2) is 7.77. The molecule has 0 saturated heterocycles. The molecule has 0 aliphatic carbocycles. The van der Waals surface area contributed by atoms with Gasteiger partial charge in [0.1, 0.15) is 5.82 Å². The van der Waals surface area contributed by atoms with E-state index in [2.05, 4.69) is 10.0 Å². The molecule has 138 valence electrons. The van der Waals surface area contributed by atoms with E-state index in [4.69, 9.17) is 11.6 Å². The standard InChI is InChI=1S/C19H14ClFN2O3S/c20-14-6-4-7-15(12-14)22-19(24)13-5-3-8-16(11-13)27(25,26)23-18-10-2-1-9-17(18)21/h1-12,23H,(H,22,24). The summed E-state index contributed by atoms with van der Waals surface area (Å²) in [6, 6.07) is 17.4. The van der Waals surface area contributed by atoms with Crippen molar-refractivity contribution in [1.82, 2.24) is 0 Å². The third kappa shape index (κ3) is 4.64. The van der Waals surface area contributed by atoms with Gasteiger partial charge in [0.05, 0.1) is 10.6 Å². The van der Waals surface area contributed by atoms with E-state index in [9.17, 15) is 17.6 Å². The molecule has 8 heteroatoms. The first-order chi connectivity index (χ1) is 12.8. The molecule has 0 heterocycles. The lowest BCUT2D eigenvalue weighted by molar-refractivity contribution is 0.102. The van der Waals surface area contributed by atoms with Crippen molar-refractivity contribution in [2.45, 2.75) is 4.90 Å². The molecule has 1 amide bonds. The fourth-order valence-corrected chi connectivity index (χ4v) is 3.62. The highest BCUT2D eigenvalue weighted by Crippen LogP contribution is 2.21. The van der Waals surface area contributed by atoms with Gasteiger partial charge in [0.15, 0.2) is 0 Å². The van der Waals surface area contributed by atoms with E-state index in [0.29, 0.717) is 10.7 Å². The van der Waals surface area contributed by atoms with E-state index in [1.807, 2.05) is 0 Å². The van der Waals surface area contributed by atoms with Crippen molar-refractivity contribution in [2.24, 2.45) is 0 Å². The largest absolute Gasteiger partial charge is 0.322 e. The van der Waals surface area contributed by atoms with Gasteiger partial charge in [-0.15, -0.1) is 0 Å². The molecule has 3 rings (SSSR count). The summed E-state index contributed by atoms with van der Waals surface area (Å²) in [6.45, 7) is 0. The van der Waals surface area contributed by atoms with E-state index in [0.717, 1.165) is 6.07 Å². The summed E-state index contributed by atoms with van der Waals surface area (Å²) in [5, 5.41) is 3.09. The van der Waals surface area contributed by atoms with Gasteiger partial charge in [-0.2, -0.15) is 0 Å². The maximum absolute atomic E-state index is 13.7. The number of amides is 1. The lowest BCUT2D eigenvalue weighted by atomic mass is 10.2. The van der Waals surface area contributed by atoms with Crippen molar-refractivity contribution in [3.8, 4) is 0 Å². The summed E-state index contributed by atoms with van der Waals surface area (Å²) in [5.74, 6) is -1.20. The smallest absolute Gasteiger partial charge is 0.262 e. The number of benzene rings is 3. The summed E-state index contributed by atoms with van der Waals surface area (Å²) >= 11 is 5.88. The molecule has 0 spiro atoms. The van der Waals surface area contributed by atoms with Crippen molar-refractivity contribution < 1.29 is 17.6 Å². The molecular weight excluding hydrogens is 391 g/mol. The van der Waals surface area contributed by atoms with Crippen LogP contribution in [0.2, 0.25) is 5.02 Å². The van der Waals surface area contributed by atoms with Crippen LogP contribution < -0.4 is 10.0 Å². The zero-order valence-corrected chi connectivity index (χ0v) is 15.4. The van der Waals surface area contributed by atoms with Crippen LogP contribution in [-0.2, 0) is 10.0 Å². The molecule has 0 aliphatic heterocycles. The highest BCUT2D eigenvalue weighted by Gasteiger charge is 2.18. The number of anilines is 2. The van der Waals surface area contributed by atoms with Crippen LogP contribution in [0.25, 0.3) is 0 Å². The number of carbonyl (C=O) groups excluding carboxylic acids is 1. The quantitative estimate of drug-likeness (QED) is 0.655. The number of sulfonamides is 1. The predicted octanol–water partition coefficient (Wildman–Crippen LogP) is 4.53. The Labute approximate surface area is 160 Å². The number of halogens is 2. The molecule has 0 unspecified atom stereocenters. The van der Waals surface area contributed by atoms with E-state index in [1.165, 1.54) is 42.5 Å². The minimum Gasteiger partial charge on any atom is -0.322 e. The highest BCUT2D eigenvalue weighted by atomic mass is 35.5. The third-order valence-corrected chi connectivity index (χ3v) is 5.21. The van der Waals surface area contributed by atoms with Crippen LogP contribution in [0.3, 0.4) is 0 Å². The van der Waals surface area contributed by atoms with Gasteiger partial charge in [-0.1, -0.05) is 35.9 Å². The SMILES string of the molecule is O=C(Nc1cccc(Cl)c1)c1cccc(S(=O)(=O)Nc2ccccc2F)c1. The molecule has 0 aliphatic rings. The van der Waals surface area contributed by atoms with E-state index in [-0.39, 0.29) is 16.1 Å². The first-order valence-electron chi connectivity index (χ1n) is 7.79. The maximum atomic E-state index is 13.7. The molecular formula is C19H14ClFN2O3S. The van der Waals surface area contributed by atoms with Gasteiger partial charge in [-0.25, -0.2) is 12.8 Å². The molecule has 0 atom stereocenters. The summed E-state index contributed by atoms with van der Waals surface area (Å²) in [6.07, 6.45) is 0. The monoisotopic (exact) mass is 404 g/mol. The predicted molar refractivity (Wildman–Crippen MR) is 103 cm³/mol. The Morgan fingerprint density at radius 2 is 1.67 bits per heavy atom. The van der Waals surface area contributed by atoms with Crippen molar-refractivity contribution in [3.05, 3.63) is 89.2 Å². The average molecular weight is 405 g/mol. The zero-order chi connectivity index (χ0) is 19.4. The number of hydrogen-bond donors (Lipinski definition) is 2. The molecule has 0 saturated carbocycles. The van der Waals surface area contributed by atoms with Gasteiger partial charge in [0.25, 0.3) is 15.9 Å². The molecule has 0 aromatic heterocycles. The molecule has 0 bridgehead atoms. The minimum absolute atomic E-state index is 0.131. The zero-order valence-electron chi connectivity index (χ0n) is 13.8. The van der Waals surface area contributed by atoms with Gasteiger partial charge in [0.2, 0.25) is 0 Å². The lowest BCUT2D eigenvalue weighted by Gasteiger charge is -2.10. The normalized spacial score (nSPS) is 11.0. The minimum atomic E-state index is -4.06. The van der Waals surface area contributed by atoms with Crippen molar-refractivity contribution in [2.75, 3.05) is 10.0 Å². The van der Waals surface area contributed by atoms with Crippen LogP contribution >= 0.6 is 11.6 Å². The average Bonchev–Trinajstić information content (AvgIpc) is 2.64. The molecule has 0 fully saturated rings. The first-order valence-corrected chi connectivity index (χ1v) is 9.65. The fourth-order valence-electron chi connectivity index (χ4n) is 2.32. The fraction of sp³-hybridized carbons (Fsp3) is 0. The van der Waals surface area contributed by atoms with Crippen LogP contribution in [0.5, 0.6) is 0 Å². The lowest BCUT2D eigenvalue weighted by Crippen LogP contribution is -2.16. The number of para-hydroxylation sites is 1. The van der Waals surface area contributed by atoms with E-state index < -0.39 is 21.7 Å². The van der Waals surface area contributed by atoms with Crippen LogP contribution in [-0.4, -0.2) is 14.3 Å². The second-order valence-electron chi connectivity index (χ2n) is 5.58. The molecule has 5 nitrogen and oxygen atoms in total. The number of nitrogens with one attached hydrogen (secondary N) is 2. The Morgan fingerprint density at radius 1 is 0.926 bits per heavy atom. The molecule has 27 heavy (non-hydrogen) atoms. The topological polar surface area (TPSA) is 75.3 Å². The van der Waals surface area contributed by atoms with E-state index in [1.54, 1.807) is 24.3 Å². The van der Waals surface area contributed by atoms with Gasteiger partial charge >= 0.3 is 0 Å². The Bertz CT molecular complexity index is 1100. The molecule has 2 N–H and O–H groups in total. The first kappa shape index (κ1) is 18.9. The highest BCUT2D eigenvalue weighted by molar-refractivity contribution is 7.92. The summed E-state index contributed by atoms with van der Waals surface area (Å²) < 4.78 is 40.9. The summed E-state index contributed by atoms with van der Waals surface area (Å²) in [7, 11) is -4.06. The van der Waals surface area contributed by atoms with Gasteiger partial charge in [-0.05, 0) is 48.5 Å². The summed E-state index contributed by atoms with van der Waals surface area (Å²) in [4.78, 5) is 12.2. The number of hydrogen-bond acceptors (Lipinski definition) is 3. The number of carbonyl (C=O) groups is 1. The van der Waals surface area contributed by atoms with Crippen LogP contribution in [0.15, 0.2) is 77.7 Å².